The number of hydrogen-bond donors (Lipinski definition) is 1. The maximum absolute atomic E-state index is 13.1. The second-order valence-electron chi connectivity index (χ2n) is 13.1. The van der Waals surface area contributed by atoms with Crippen molar-refractivity contribution in [3.8, 4) is 6.01 Å². The number of likely N-dealkylation sites (N-methyl/N-ethyl adjacent to an activating group) is 1. The summed E-state index contributed by atoms with van der Waals surface area (Å²) in [5, 5.41) is 2.79. The number of piperazine rings is 1. The zero-order chi connectivity index (χ0) is 31.8. The predicted molar refractivity (Wildman–Crippen MR) is 184 cm³/mol. The summed E-state index contributed by atoms with van der Waals surface area (Å²) in [4.78, 5) is 33.8. The second kappa shape index (κ2) is 13.4. The van der Waals surface area contributed by atoms with Crippen molar-refractivity contribution in [1.29, 1.82) is 0 Å². The summed E-state index contributed by atoms with van der Waals surface area (Å²) in [6.45, 7) is 9.36. The van der Waals surface area contributed by atoms with E-state index in [0.717, 1.165) is 37.4 Å². The summed E-state index contributed by atoms with van der Waals surface area (Å²) in [5.74, 6) is 0.936. The molecule has 0 N–H and O–H groups in total. The Hall–Kier alpha value is -3.41. The van der Waals surface area contributed by atoms with Gasteiger partial charge in [0, 0.05) is 80.3 Å². The molecule has 4 aliphatic heterocycles. The van der Waals surface area contributed by atoms with E-state index >= 15 is 0 Å². The van der Waals surface area contributed by atoms with Gasteiger partial charge in [-0.1, -0.05) is 36.4 Å². The van der Waals surface area contributed by atoms with Gasteiger partial charge in [-0.2, -0.15) is 22.6 Å². The van der Waals surface area contributed by atoms with Gasteiger partial charge in [-0.05, 0) is 50.4 Å². The van der Waals surface area contributed by atoms with Crippen molar-refractivity contribution in [2.45, 2.75) is 43.8 Å². The van der Waals surface area contributed by atoms with E-state index < -0.39 is 6.17 Å². The number of aromatic nitrogens is 2. The van der Waals surface area contributed by atoms with Crippen molar-refractivity contribution in [3.05, 3.63) is 65.4 Å². The van der Waals surface area contributed by atoms with Crippen molar-refractivity contribution in [2.75, 3.05) is 82.4 Å². The van der Waals surface area contributed by atoms with Crippen molar-refractivity contribution in [1.82, 2.24) is 24.7 Å². The lowest BCUT2D eigenvalue weighted by atomic mass is 9.99. The molecule has 4 aliphatic rings. The van der Waals surface area contributed by atoms with Gasteiger partial charge in [-0.25, -0.2) is 4.39 Å². The second-order valence-corrected chi connectivity index (χ2v) is 13.8. The molecule has 3 saturated heterocycles. The monoisotopic (exact) mass is 645 g/mol. The van der Waals surface area contributed by atoms with Crippen molar-refractivity contribution < 1.29 is 13.9 Å². The number of carbonyl (C=O) groups is 1. The van der Waals surface area contributed by atoms with E-state index in [1.807, 2.05) is 15.9 Å². The van der Waals surface area contributed by atoms with Gasteiger partial charge in [0.2, 0.25) is 5.91 Å². The molecule has 0 unspecified atom stereocenters. The van der Waals surface area contributed by atoms with Gasteiger partial charge < -0.3 is 19.4 Å². The number of anilines is 2. The first-order chi connectivity index (χ1) is 22.3. The van der Waals surface area contributed by atoms with E-state index in [9.17, 15) is 9.18 Å². The van der Waals surface area contributed by atoms with Crippen LogP contribution in [0.2, 0.25) is 0 Å². The lowest BCUT2D eigenvalue weighted by Gasteiger charge is -2.38. The van der Waals surface area contributed by atoms with E-state index in [2.05, 4.69) is 65.1 Å². The summed E-state index contributed by atoms with van der Waals surface area (Å²) in [6, 6.07) is 13.6. The van der Waals surface area contributed by atoms with Crippen molar-refractivity contribution in [2.24, 2.45) is 0 Å². The number of nitrogens with zero attached hydrogens (tertiary/aromatic N) is 7. The number of ether oxygens (including phenoxy) is 1. The number of rotatable bonds is 8. The van der Waals surface area contributed by atoms with Crippen LogP contribution in [0.25, 0.3) is 10.8 Å². The summed E-state index contributed by atoms with van der Waals surface area (Å²) in [5.41, 5.74) is 4.67. The van der Waals surface area contributed by atoms with Crippen LogP contribution in [0.15, 0.2) is 48.6 Å². The molecule has 11 heteroatoms. The minimum Gasteiger partial charge on any atom is -0.462 e. The molecule has 0 spiro atoms. The Morgan fingerprint density at radius 1 is 1.04 bits per heavy atom. The summed E-state index contributed by atoms with van der Waals surface area (Å²) in [6.07, 6.45) is 4.63. The SMILES string of the molecule is Cc1cccc2cccc(N3CCc4c(nc(OC[C@@H]5[C@H](S)CCN5C)nc4N4CCN(C(=O)/C=C/CN5CC(F)C5)CC4)C3)c12. The first kappa shape index (κ1) is 31.2. The zero-order valence-corrected chi connectivity index (χ0v) is 27.7. The third-order valence-electron chi connectivity index (χ3n) is 10.1. The van der Waals surface area contributed by atoms with E-state index in [4.69, 9.17) is 27.3 Å². The van der Waals surface area contributed by atoms with Crippen LogP contribution < -0.4 is 14.5 Å². The summed E-state index contributed by atoms with van der Waals surface area (Å²) < 4.78 is 19.4. The van der Waals surface area contributed by atoms with E-state index in [1.165, 1.54) is 27.6 Å². The Bertz CT molecular complexity index is 1590. The molecule has 0 bridgehead atoms. The Balaban J connectivity index is 1.10. The molecule has 1 aromatic heterocycles. The molecular weight excluding hydrogens is 601 g/mol. The number of benzene rings is 2. The number of likely N-dealkylation sites (tertiary alicyclic amines) is 2. The van der Waals surface area contributed by atoms with Crippen LogP contribution >= 0.6 is 12.6 Å². The molecule has 0 saturated carbocycles. The van der Waals surface area contributed by atoms with Gasteiger partial charge in [-0.3, -0.25) is 14.6 Å². The first-order valence-electron chi connectivity index (χ1n) is 16.5. The average Bonchev–Trinajstić information content (AvgIpc) is 3.38. The molecule has 0 aliphatic carbocycles. The molecule has 0 radical (unpaired) electrons. The molecule has 2 aromatic carbocycles. The maximum Gasteiger partial charge on any atom is 0.318 e. The Morgan fingerprint density at radius 2 is 1.83 bits per heavy atom. The molecule has 2 atom stereocenters. The number of alkyl halides is 1. The molecular formula is C35H44FN7O2S. The van der Waals surface area contributed by atoms with Crippen LogP contribution in [0.1, 0.15) is 23.2 Å². The number of carbonyl (C=O) groups excluding carboxylic acids is 1. The lowest BCUT2D eigenvalue weighted by Crippen LogP contribution is -2.49. The van der Waals surface area contributed by atoms with E-state index in [0.29, 0.717) is 65.0 Å². The third kappa shape index (κ3) is 6.41. The summed E-state index contributed by atoms with van der Waals surface area (Å²) in [7, 11) is 2.12. The molecule has 1 amide bonds. The molecule has 7 rings (SSSR count). The van der Waals surface area contributed by atoms with Crippen LogP contribution in [0.4, 0.5) is 15.9 Å². The highest BCUT2D eigenvalue weighted by molar-refractivity contribution is 7.81. The lowest BCUT2D eigenvalue weighted by molar-refractivity contribution is -0.126. The Morgan fingerprint density at radius 3 is 2.57 bits per heavy atom. The van der Waals surface area contributed by atoms with Crippen molar-refractivity contribution in [3.63, 3.8) is 0 Å². The predicted octanol–water partition coefficient (Wildman–Crippen LogP) is 3.74. The van der Waals surface area contributed by atoms with Gasteiger partial charge in [0.05, 0.1) is 18.3 Å². The highest BCUT2D eigenvalue weighted by atomic mass is 32.1. The number of thiol groups is 1. The Labute approximate surface area is 276 Å². The minimum atomic E-state index is -0.731. The normalized spacial score (nSPS) is 22.9. The molecule has 3 fully saturated rings. The highest BCUT2D eigenvalue weighted by Gasteiger charge is 2.32. The van der Waals surface area contributed by atoms with Gasteiger partial charge in [-0.15, -0.1) is 0 Å². The largest absolute Gasteiger partial charge is 0.462 e. The number of fused-ring (bicyclic) bond motifs is 2. The molecule has 9 nitrogen and oxygen atoms in total. The number of aryl methyl sites for hydroxylation is 1. The molecule has 46 heavy (non-hydrogen) atoms. The standard InChI is InChI=1S/C35H44FN7O2S/c1-24-6-3-7-25-8-4-9-29(33(24)25)43-15-11-27-28(22-43)37-35(45-23-30-31(46)12-14-39(30)2)38-34(27)42-18-16-41(17-19-42)32(44)10-5-13-40-20-26(36)21-40/h3-10,26,30-31,46H,11-23H2,1-2H3/b10-5+/t30-,31-/m1/s1. The number of amides is 1. The third-order valence-corrected chi connectivity index (χ3v) is 10.7. The van der Waals surface area contributed by atoms with Crippen LogP contribution in [0.3, 0.4) is 0 Å². The van der Waals surface area contributed by atoms with Crippen LogP contribution in [-0.4, -0.2) is 121 Å². The topological polar surface area (TPSA) is 68.3 Å². The first-order valence-corrected chi connectivity index (χ1v) is 17.1. The number of halogens is 1. The van der Waals surface area contributed by atoms with E-state index in [1.54, 1.807) is 6.08 Å². The zero-order valence-electron chi connectivity index (χ0n) is 26.8. The van der Waals surface area contributed by atoms with Gasteiger partial charge in [0.1, 0.15) is 18.6 Å². The number of hydrogen-bond acceptors (Lipinski definition) is 9. The molecule has 244 valence electrons. The van der Waals surface area contributed by atoms with Gasteiger partial charge in [0.25, 0.3) is 0 Å². The van der Waals surface area contributed by atoms with E-state index in [-0.39, 0.29) is 17.2 Å². The van der Waals surface area contributed by atoms with Crippen LogP contribution in [-0.2, 0) is 17.8 Å². The quantitative estimate of drug-likeness (QED) is 0.294. The van der Waals surface area contributed by atoms with Crippen LogP contribution in [0, 0.1) is 6.92 Å². The average molecular weight is 646 g/mol. The highest BCUT2D eigenvalue weighted by Crippen LogP contribution is 2.35. The fourth-order valence-electron chi connectivity index (χ4n) is 7.28. The Kier molecular flexibility index (Phi) is 9.07. The van der Waals surface area contributed by atoms with Gasteiger partial charge in [0.15, 0.2) is 0 Å². The molecule has 3 aromatic rings. The minimum absolute atomic E-state index is 0.00808. The van der Waals surface area contributed by atoms with Crippen molar-refractivity contribution >= 4 is 40.8 Å². The smallest absolute Gasteiger partial charge is 0.318 e. The maximum atomic E-state index is 13.1. The molecule has 5 heterocycles. The fraction of sp³-hybridized carbons (Fsp3) is 0.514. The van der Waals surface area contributed by atoms with Crippen LogP contribution in [0.5, 0.6) is 6.01 Å². The summed E-state index contributed by atoms with van der Waals surface area (Å²) >= 11 is 4.80. The van der Waals surface area contributed by atoms with Gasteiger partial charge >= 0.3 is 6.01 Å². The fourth-order valence-corrected chi connectivity index (χ4v) is 7.71.